The lowest BCUT2D eigenvalue weighted by Crippen LogP contribution is -2.43. The van der Waals surface area contributed by atoms with E-state index in [9.17, 15) is 9.59 Å². The summed E-state index contributed by atoms with van der Waals surface area (Å²) in [6, 6.07) is 0. The predicted octanol–water partition coefficient (Wildman–Crippen LogP) is 0.991. The van der Waals surface area contributed by atoms with Crippen molar-refractivity contribution in [2.24, 2.45) is 0 Å². The number of hydrogen-bond acceptors (Lipinski definition) is 3. The van der Waals surface area contributed by atoms with Crippen LogP contribution in [-0.2, 0) is 14.3 Å². The van der Waals surface area contributed by atoms with E-state index in [0.29, 0.717) is 13.1 Å². The summed E-state index contributed by atoms with van der Waals surface area (Å²) in [4.78, 5) is 23.9. The molecule has 0 spiro atoms. The second-order valence-corrected chi connectivity index (χ2v) is 4.23. The van der Waals surface area contributed by atoms with Crippen LogP contribution in [0.3, 0.4) is 0 Å². The zero-order valence-electron chi connectivity index (χ0n) is 9.66. The Morgan fingerprint density at radius 3 is 2.20 bits per heavy atom. The van der Waals surface area contributed by atoms with Crippen molar-refractivity contribution < 1.29 is 14.3 Å². The number of ether oxygens (including phenoxy) is 1. The van der Waals surface area contributed by atoms with E-state index >= 15 is 0 Å². The molecular weight excluding hydrogens is 194 g/mol. The molecule has 1 heterocycles. The van der Waals surface area contributed by atoms with Gasteiger partial charge in [-0.1, -0.05) is 0 Å². The van der Waals surface area contributed by atoms with Gasteiger partial charge in [0.25, 0.3) is 5.91 Å². The number of ketones is 1. The molecule has 0 radical (unpaired) electrons. The largest absolute Gasteiger partial charge is 0.375 e. The van der Waals surface area contributed by atoms with Crippen molar-refractivity contribution in [1.82, 2.24) is 4.90 Å². The minimum Gasteiger partial charge on any atom is -0.375 e. The molecule has 1 fully saturated rings. The molecule has 0 N–H and O–H groups in total. The topological polar surface area (TPSA) is 46.6 Å². The number of carbonyl (C=O) groups excluding carboxylic acids is 2. The summed E-state index contributed by atoms with van der Waals surface area (Å²) in [7, 11) is 0. The van der Waals surface area contributed by atoms with E-state index in [1.807, 2.05) is 13.8 Å². The fourth-order valence-electron chi connectivity index (χ4n) is 1.80. The number of Topliss-reactive ketones (excluding diaryl/α,β-unsaturated/α-hetero) is 1. The van der Waals surface area contributed by atoms with Crippen LogP contribution in [0.25, 0.3) is 0 Å². The summed E-state index contributed by atoms with van der Waals surface area (Å²) in [5, 5.41) is 0. The summed E-state index contributed by atoms with van der Waals surface area (Å²) in [6.07, 6.45) is 2.13. The van der Waals surface area contributed by atoms with Gasteiger partial charge in [0.1, 0.15) is 0 Å². The van der Waals surface area contributed by atoms with Gasteiger partial charge in [0.2, 0.25) is 5.78 Å². The molecule has 0 aromatic heterocycles. The van der Waals surface area contributed by atoms with Gasteiger partial charge in [0.15, 0.2) is 0 Å². The molecule has 86 valence electrons. The van der Waals surface area contributed by atoms with Gasteiger partial charge in [0, 0.05) is 20.0 Å². The summed E-state index contributed by atoms with van der Waals surface area (Å²) in [5.74, 6) is -0.740. The molecule has 1 rings (SSSR count). The number of likely N-dealkylation sites (tertiary alicyclic amines) is 1. The van der Waals surface area contributed by atoms with Gasteiger partial charge < -0.3 is 9.64 Å². The number of rotatable bonds is 3. The van der Waals surface area contributed by atoms with E-state index in [1.54, 1.807) is 4.90 Å². The third-order valence-corrected chi connectivity index (χ3v) is 2.49. The molecule has 1 aliphatic heterocycles. The van der Waals surface area contributed by atoms with Crippen LogP contribution < -0.4 is 0 Å². The molecule has 0 aromatic rings. The lowest BCUT2D eigenvalue weighted by atomic mass is 10.1. The fraction of sp³-hybridized carbons (Fsp3) is 0.818. The van der Waals surface area contributed by atoms with Crippen LogP contribution in [0, 0.1) is 0 Å². The Kier molecular flexibility index (Phi) is 4.27. The van der Waals surface area contributed by atoms with Crippen molar-refractivity contribution in [3.63, 3.8) is 0 Å². The number of piperidine rings is 1. The first-order valence-corrected chi connectivity index (χ1v) is 5.46. The highest BCUT2D eigenvalue weighted by atomic mass is 16.5. The molecule has 0 saturated carbocycles. The third kappa shape index (κ3) is 3.63. The molecule has 1 amide bonds. The van der Waals surface area contributed by atoms with Crippen LogP contribution in [0.15, 0.2) is 0 Å². The first-order chi connectivity index (χ1) is 7.00. The van der Waals surface area contributed by atoms with Crippen molar-refractivity contribution in [1.29, 1.82) is 0 Å². The maximum atomic E-state index is 11.4. The Morgan fingerprint density at radius 1 is 1.27 bits per heavy atom. The minimum atomic E-state index is -0.377. The van der Waals surface area contributed by atoms with Gasteiger partial charge in [-0.15, -0.1) is 0 Å². The zero-order chi connectivity index (χ0) is 11.4. The van der Waals surface area contributed by atoms with E-state index in [0.717, 1.165) is 12.8 Å². The normalized spacial score (nSPS) is 18.3. The molecule has 0 aliphatic carbocycles. The molecule has 0 unspecified atom stereocenters. The van der Waals surface area contributed by atoms with Crippen LogP contribution in [0.1, 0.15) is 33.6 Å². The lowest BCUT2D eigenvalue weighted by Gasteiger charge is -2.32. The fourth-order valence-corrected chi connectivity index (χ4v) is 1.80. The van der Waals surface area contributed by atoms with E-state index in [1.165, 1.54) is 6.92 Å². The Labute approximate surface area is 90.6 Å². The summed E-state index contributed by atoms with van der Waals surface area (Å²) in [6.45, 7) is 6.60. The standard InChI is InChI=1S/C11H19NO3/c1-8(2)15-10-4-6-12(7-5-10)11(14)9(3)13/h8,10H,4-7H2,1-3H3. The number of amides is 1. The molecule has 1 saturated heterocycles. The molecule has 0 bridgehead atoms. The monoisotopic (exact) mass is 213 g/mol. The minimum absolute atomic E-state index is 0.227. The highest BCUT2D eigenvalue weighted by molar-refractivity contribution is 6.35. The maximum Gasteiger partial charge on any atom is 0.289 e. The molecule has 0 aromatic carbocycles. The van der Waals surface area contributed by atoms with Crippen LogP contribution in [0.5, 0.6) is 0 Å². The highest BCUT2D eigenvalue weighted by Crippen LogP contribution is 2.15. The van der Waals surface area contributed by atoms with Crippen LogP contribution in [-0.4, -0.2) is 41.9 Å². The zero-order valence-corrected chi connectivity index (χ0v) is 9.66. The quantitative estimate of drug-likeness (QED) is 0.657. The van der Waals surface area contributed by atoms with Gasteiger partial charge in [-0.25, -0.2) is 0 Å². The Balaban J connectivity index is 2.36. The molecule has 4 heteroatoms. The SMILES string of the molecule is CC(=O)C(=O)N1CCC(OC(C)C)CC1. The average Bonchev–Trinajstić information content (AvgIpc) is 2.17. The summed E-state index contributed by atoms with van der Waals surface area (Å²) >= 11 is 0. The van der Waals surface area contributed by atoms with Gasteiger partial charge in [-0.05, 0) is 26.7 Å². The first-order valence-electron chi connectivity index (χ1n) is 5.46. The van der Waals surface area contributed by atoms with Crippen molar-refractivity contribution >= 4 is 11.7 Å². The van der Waals surface area contributed by atoms with Crippen LogP contribution >= 0.6 is 0 Å². The molecule has 1 aliphatic rings. The average molecular weight is 213 g/mol. The molecule has 4 nitrogen and oxygen atoms in total. The van der Waals surface area contributed by atoms with Crippen molar-refractivity contribution in [3.05, 3.63) is 0 Å². The van der Waals surface area contributed by atoms with Gasteiger partial charge in [-0.3, -0.25) is 9.59 Å². The van der Waals surface area contributed by atoms with Crippen LogP contribution in [0.4, 0.5) is 0 Å². The smallest absolute Gasteiger partial charge is 0.289 e. The number of hydrogen-bond donors (Lipinski definition) is 0. The Bertz CT molecular complexity index is 242. The predicted molar refractivity (Wildman–Crippen MR) is 56.5 cm³/mol. The Morgan fingerprint density at radius 2 is 1.80 bits per heavy atom. The first kappa shape index (κ1) is 12.2. The van der Waals surface area contributed by atoms with Crippen molar-refractivity contribution in [2.45, 2.75) is 45.8 Å². The van der Waals surface area contributed by atoms with E-state index in [4.69, 9.17) is 4.74 Å². The van der Waals surface area contributed by atoms with Gasteiger partial charge >= 0.3 is 0 Å². The summed E-state index contributed by atoms with van der Waals surface area (Å²) < 4.78 is 5.66. The second kappa shape index (κ2) is 5.26. The molecule has 0 atom stereocenters. The maximum absolute atomic E-state index is 11.4. The third-order valence-electron chi connectivity index (χ3n) is 2.49. The van der Waals surface area contributed by atoms with E-state index < -0.39 is 0 Å². The van der Waals surface area contributed by atoms with Crippen molar-refractivity contribution in [3.8, 4) is 0 Å². The highest BCUT2D eigenvalue weighted by Gasteiger charge is 2.25. The number of nitrogens with zero attached hydrogens (tertiary/aromatic N) is 1. The number of carbonyl (C=O) groups is 2. The second-order valence-electron chi connectivity index (χ2n) is 4.23. The molecular formula is C11H19NO3. The Hall–Kier alpha value is -0.900. The van der Waals surface area contributed by atoms with Crippen LogP contribution in [0.2, 0.25) is 0 Å². The van der Waals surface area contributed by atoms with Crippen molar-refractivity contribution in [2.75, 3.05) is 13.1 Å². The van der Waals surface area contributed by atoms with Gasteiger partial charge in [-0.2, -0.15) is 0 Å². The van der Waals surface area contributed by atoms with E-state index in [2.05, 4.69) is 0 Å². The van der Waals surface area contributed by atoms with E-state index in [-0.39, 0.29) is 23.9 Å². The molecule has 15 heavy (non-hydrogen) atoms. The summed E-state index contributed by atoms with van der Waals surface area (Å²) in [5.41, 5.74) is 0. The lowest BCUT2D eigenvalue weighted by molar-refractivity contribution is -0.145. The van der Waals surface area contributed by atoms with Gasteiger partial charge in [0.05, 0.1) is 12.2 Å².